The molecule has 1 heterocycles. The first-order chi connectivity index (χ1) is 13.0. The third-order valence-corrected chi connectivity index (χ3v) is 5.08. The number of halogens is 1. The molecule has 152 valence electrons. The van der Waals surface area contributed by atoms with Crippen LogP contribution < -0.4 is 10.6 Å². The SMILES string of the molecule is CN=C(NCc1ccc(F)cc1CSC)NCC1CN(CC(C)C)CCO1. The molecule has 0 aromatic heterocycles. The highest BCUT2D eigenvalue weighted by Gasteiger charge is 2.21. The Hall–Kier alpha value is -1.31. The van der Waals surface area contributed by atoms with Crippen LogP contribution in [0.1, 0.15) is 25.0 Å². The van der Waals surface area contributed by atoms with Gasteiger partial charge in [0.15, 0.2) is 5.96 Å². The van der Waals surface area contributed by atoms with E-state index in [2.05, 4.69) is 34.4 Å². The van der Waals surface area contributed by atoms with E-state index < -0.39 is 0 Å². The van der Waals surface area contributed by atoms with Crippen LogP contribution in [-0.2, 0) is 17.0 Å². The summed E-state index contributed by atoms with van der Waals surface area (Å²) in [4.78, 5) is 6.76. The van der Waals surface area contributed by atoms with Crippen molar-refractivity contribution >= 4 is 17.7 Å². The number of guanidine groups is 1. The molecule has 2 N–H and O–H groups in total. The first kappa shape index (κ1) is 22.0. The van der Waals surface area contributed by atoms with E-state index in [9.17, 15) is 4.39 Å². The van der Waals surface area contributed by atoms with Gasteiger partial charge in [0.25, 0.3) is 0 Å². The molecular formula is C20H33FN4OS. The Labute approximate surface area is 167 Å². The normalized spacial score (nSPS) is 18.7. The number of nitrogens with one attached hydrogen (secondary N) is 2. The van der Waals surface area contributed by atoms with Gasteiger partial charge in [-0.25, -0.2) is 4.39 Å². The van der Waals surface area contributed by atoms with Gasteiger partial charge in [-0.2, -0.15) is 11.8 Å². The van der Waals surface area contributed by atoms with Crippen molar-refractivity contribution in [2.45, 2.75) is 32.2 Å². The fourth-order valence-electron chi connectivity index (χ4n) is 3.25. The van der Waals surface area contributed by atoms with Gasteiger partial charge in [0.1, 0.15) is 5.82 Å². The average Bonchev–Trinajstić information content (AvgIpc) is 2.63. The summed E-state index contributed by atoms with van der Waals surface area (Å²) in [5.41, 5.74) is 2.11. The number of aliphatic imine (C=N–C) groups is 1. The number of nitrogens with zero attached hydrogens (tertiary/aromatic N) is 2. The topological polar surface area (TPSA) is 48.9 Å². The van der Waals surface area contributed by atoms with E-state index in [1.54, 1.807) is 24.9 Å². The molecule has 0 aliphatic carbocycles. The number of benzene rings is 1. The van der Waals surface area contributed by atoms with Crippen LogP contribution >= 0.6 is 11.8 Å². The molecule has 1 unspecified atom stereocenters. The highest BCUT2D eigenvalue weighted by atomic mass is 32.2. The largest absolute Gasteiger partial charge is 0.374 e. The molecule has 1 fully saturated rings. The smallest absolute Gasteiger partial charge is 0.191 e. The number of hydrogen-bond donors (Lipinski definition) is 2. The number of morpholine rings is 1. The maximum atomic E-state index is 13.5. The molecule has 0 spiro atoms. The molecule has 1 aliphatic heterocycles. The quantitative estimate of drug-likeness (QED) is 0.523. The van der Waals surface area contributed by atoms with Gasteiger partial charge in [-0.3, -0.25) is 9.89 Å². The zero-order valence-corrected chi connectivity index (χ0v) is 17.7. The Morgan fingerprint density at radius 2 is 2.19 bits per heavy atom. The molecule has 1 aliphatic rings. The van der Waals surface area contributed by atoms with E-state index in [4.69, 9.17) is 4.74 Å². The minimum atomic E-state index is -0.189. The maximum Gasteiger partial charge on any atom is 0.191 e. The highest BCUT2D eigenvalue weighted by molar-refractivity contribution is 7.97. The molecule has 0 amide bonds. The Kier molecular flexibility index (Phi) is 9.38. The predicted octanol–water partition coefficient (Wildman–Crippen LogP) is 2.71. The molecule has 1 saturated heterocycles. The third kappa shape index (κ3) is 7.68. The summed E-state index contributed by atoms with van der Waals surface area (Å²) >= 11 is 1.69. The van der Waals surface area contributed by atoms with Crippen LogP contribution in [0.3, 0.4) is 0 Å². The highest BCUT2D eigenvalue weighted by Crippen LogP contribution is 2.16. The second-order valence-corrected chi connectivity index (χ2v) is 8.16. The van der Waals surface area contributed by atoms with Crippen LogP contribution in [-0.4, -0.2) is 63.1 Å². The fraction of sp³-hybridized carbons (Fsp3) is 0.650. The van der Waals surface area contributed by atoms with E-state index in [1.807, 2.05) is 12.3 Å². The molecule has 27 heavy (non-hydrogen) atoms. The summed E-state index contributed by atoms with van der Waals surface area (Å²) in [7, 11) is 1.76. The predicted molar refractivity (Wildman–Crippen MR) is 113 cm³/mol. The number of ether oxygens (including phenoxy) is 1. The lowest BCUT2D eigenvalue weighted by Gasteiger charge is -2.34. The lowest BCUT2D eigenvalue weighted by atomic mass is 10.1. The van der Waals surface area contributed by atoms with E-state index in [1.165, 1.54) is 6.07 Å². The summed E-state index contributed by atoms with van der Waals surface area (Å²) in [5.74, 6) is 2.00. The van der Waals surface area contributed by atoms with Crippen LogP contribution in [0.5, 0.6) is 0 Å². The Balaban J connectivity index is 1.82. The van der Waals surface area contributed by atoms with Crippen molar-refractivity contribution < 1.29 is 9.13 Å². The van der Waals surface area contributed by atoms with Gasteiger partial charge in [0.05, 0.1) is 12.7 Å². The van der Waals surface area contributed by atoms with Gasteiger partial charge in [0, 0.05) is 45.5 Å². The summed E-state index contributed by atoms with van der Waals surface area (Å²) in [6.07, 6.45) is 2.18. The van der Waals surface area contributed by atoms with Crippen LogP contribution in [0.25, 0.3) is 0 Å². The first-order valence-electron chi connectivity index (χ1n) is 9.56. The summed E-state index contributed by atoms with van der Waals surface area (Å²) < 4.78 is 19.4. The van der Waals surface area contributed by atoms with Crippen molar-refractivity contribution in [2.75, 3.05) is 46.1 Å². The fourth-order valence-corrected chi connectivity index (χ4v) is 3.83. The molecule has 1 aromatic carbocycles. The Morgan fingerprint density at radius 3 is 2.89 bits per heavy atom. The average molecular weight is 397 g/mol. The molecule has 7 heteroatoms. The monoisotopic (exact) mass is 396 g/mol. The molecular weight excluding hydrogens is 363 g/mol. The summed E-state index contributed by atoms with van der Waals surface area (Å²) in [6, 6.07) is 4.97. The van der Waals surface area contributed by atoms with Crippen LogP contribution in [0.15, 0.2) is 23.2 Å². The van der Waals surface area contributed by atoms with Crippen molar-refractivity contribution in [3.63, 3.8) is 0 Å². The number of thioether (sulfide) groups is 1. The standard InChI is InChI=1S/C20H33FN4OS/c1-15(2)12-25-7-8-26-19(13-25)11-24-20(22-3)23-10-16-5-6-18(21)9-17(16)14-27-4/h5-6,9,15,19H,7-8,10-14H2,1-4H3,(H2,22,23,24). The van der Waals surface area contributed by atoms with Crippen LogP contribution in [0.2, 0.25) is 0 Å². The zero-order chi connectivity index (χ0) is 19.6. The van der Waals surface area contributed by atoms with E-state index in [0.717, 1.165) is 55.6 Å². The third-order valence-electron chi connectivity index (χ3n) is 4.48. The lowest BCUT2D eigenvalue weighted by Crippen LogP contribution is -2.50. The first-order valence-corrected chi connectivity index (χ1v) is 11.0. The molecule has 1 atom stereocenters. The second-order valence-electron chi connectivity index (χ2n) is 7.30. The van der Waals surface area contributed by atoms with Gasteiger partial charge >= 0.3 is 0 Å². The number of hydrogen-bond acceptors (Lipinski definition) is 4. The van der Waals surface area contributed by atoms with Gasteiger partial charge in [0.2, 0.25) is 0 Å². The molecule has 0 bridgehead atoms. The van der Waals surface area contributed by atoms with E-state index in [0.29, 0.717) is 12.5 Å². The van der Waals surface area contributed by atoms with Crippen molar-refractivity contribution in [2.24, 2.45) is 10.9 Å². The van der Waals surface area contributed by atoms with E-state index in [-0.39, 0.29) is 11.9 Å². The molecule has 2 rings (SSSR count). The van der Waals surface area contributed by atoms with Gasteiger partial charge in [-0.05, 0) is 35.4 Å². The van der Waals surface area contributed by atoms with Gasteiger partial charge < -0.3 is 15.4 Å². The minimum absolute atomic E-state index is 0.161. The van der Waals surface area contributed by atoms with Crippen molar-refractivity contribution in [3.05, 3.63) is 35.1 Å². The Bertz CT molecular complexity index is 612. The summed E-state index contributed by atoms with van der Waals surface area (Å²) in [6.45, 7) is 9.65. The number of rotatable bonds is 8. The van der Waals surface area contributed by atoms with Crippen molar-refractivity contribution in [3.8, 4) is 0 Å². The molecule has 0 radical (unpaired) electrons. The molecule has 1 aromatic rings. The second kappa shape index (κ2) is 11.5. The molecule has 0 saturated carbocycles. The van der Waals surface area contributed by atoms with Gasteiger partial charge in [-0.15, -0.1) is 0 Å². The van der Waals surface area contributed by atoms with Crippen LogP contribution in [0, 0.1) is 11.7 Å². The summed E-state index contributed by atoms with van der Waals surface area (Å²) in [5, 5.41) is 6.68. The lowest BCUT2D eigenvalue weighted by molar-refractivity contribution is -0.0284. The Morgan fingerprint density at radius 1 is 1.37 bits per heavy atom. The van der Waals surface area contributed by atoms with Crippen molar-refractivity contribution in [1.82, 2.24) is 15.5 Å². The van der Waals surface area contributed by atoms with Gasteiger partial charge in [-0.1, -0.05) is 19.9 Å². The van der Waals surface area contributed by atoms with Crippen molar-refractivity contribution in [1.29, 1.82) is 0 Å². The maximum absolute atomic E-state index is 13.5. The van der Waals surface area contributed by atoms with Crippen LogP contribution in [0.4, 0.5) is 4.39 Å². The molecule has 5 nitrogen and oxygen atoms in total. The van der Waals surface area contributed by atoms with E-state index >= 15 is 0 Å². The zero-order valence-electron chi connectivity index (χ0n) is 16.9. The minimum Gasteiger partial charge on any atom is -0.374 e.